The van der Waals surface area contributed by atoms with Crippen LogP contribution in [0.5, 0.6) is 0 Å². The van der Waals surface area contributed by atoms with Crippen LogP contribution in [0.4, 0.5) is 0 Å². The van der Waals surface area contributed by atoms with E-state index in [4.69, 9.17) is 0 Å². The molecule has 0 fully saturated rings. The third-order valence-electron chi connectivity index (χ3n) is 4.77. The fraction of sp³-hybridized carbons (Fsp3) is 0.478. The molecule has 2 atom stereocenters. The van der Waals surface area contributed by atoms with Crippen molar-refractivity contribution >= 4 is 23.2 Å². The van der Waals surface area contributed by atoms with Crippen molar-refractivity contribution < 1.29 is 9.59 Å². The molecule has 0 bridgehead atoms. The standard InChI is InChI=1S/C23H32N2O2S/c1-15(2)22(17-9-11-18(12-10-17)23(4,5)6)25-21(27)14-19(24-16(3)26)20-8-7-13-28-20/h7-13,15,19,22H,14H2,1-6H3,(H,24,26)(H,25,27). The molecule has 0 radical (unpaired) electrons. The summed E-state index contributed by atoms with van der Waals surface area (Å²) in [6.45, 7) is 12.3. The largest absolute Gasteiger partial charge is 0.349 e. The van der Waals surface area contributed by atoms with E-state index in [-0.39, 0.29) is 41.7 Å². The Balaban J connectivity index is 2.12. The average Bonchev–Trinajstić information content (AvgIpc) is 3.12. The summed E-state index contributed by atoms with van der Waals surface area (Å²) >= 11 is 1.55. The van der Waals surface area contributed by atoms with E-state index in [1.54, 1.807) is 11.3 Å². The Labute approximate surface area is 172 Å². The number of benzene rings is 1. The second-order valence-electron chi connectivity index (χ2n) is 8.63. The zero-order valence-corrected chi connectivity index (χ0v) is 18.5. The Kier molecular flexibility index (Phi) is 7.41. The van der Waals surface area contributed by atoms with Gasteiger partial charge in [0.1, 0.15) is 0 Å². The second-order valence-corrected chi connectivity index (χ2v) is 9.61. The molecule has 28 heavy (non-hydrogen) atoms. The molecule has 2 rings (SSSR count). The van der Waals surface area contributed by atoms with E-state index in [9.17, 15) is 9.59 Å². The van der Waals surface area contributed by atoms with Crippen molar-refractivity contribution in [2.24, 2.45) is 5.92 Å². The Hall–Kier alpha value is -2.14. The molecule has 0 saturated heterocycles. The summed E-state index contributed by atoms with van der Waals surface area (Å²) in [5.74, 6) is 0.0560. The number of carbonyl (C=O) groups excluding carboxylic acids is 2. The van der Waals surface area contributed by atoms with Gasteiger partial charge in [0.25, 0.3) is 0 Å². The third-order valence-corrected chi connectivity index (χ3v) is 5.76. The summed E-state index contributed by atoms with van der Waals surface area (Å²) in [6, 6.07) is 12.0. The molecular weight excluding hydrogens is 368 g/mol. The van der Waals surface area contributed by atoms with Crippen LogP contribution >= 0.6 is 11.3 Å². The van der Waals surface area contributed by atoms with Crippen LogP contribution in [0.15, 0.2) is 41.8 Å². The van der Waals surface area contributed by atoms with Crippen LogP contribution in [0.3, 0.4) is 0 Å². The zero-order valence-electron chi connectivity index (χ0n) is 17.7. The lowest BCUT2D eigenvalue weighted by molar-refractivity contribution is -0.123. The number of hydrogen-bond donors (Lipinski definition) is 2. The first kappa shape index (κ1) is 22.2. The Morgan fingerprint density at radius 3 is 2.14 bits per heavy atom. The molecule has 2 unspecified atom stereocenters. The lowest BCUT2D eigenvalue weighted by Crippen LogP contribution is -2.35. The molecular formula is C23H32N2O2S. The van der Waals surface area contributed by atoms with Gasteiger partial charge < -0.3 is 10.6 Å². The molecule has 2 N–H and O–H groups in total. The first-order valence-electron chi connectivity index (χ1n) is 9.78. The molecule has 5 heteroatoms. The highest BCUT2D eigenvalue weighted by molar-refractivity contribution is 7.10. The zero-order chi connectivity index (χ0) is 20.9. The first-order chi connectivity index (χ1) is 13.1. The van der Waals surface area contributed by atoms with E-state index < -0.39 is 0 Å². The van der Waals surface area contributed by atoms with Crippen LogP contribution in [-0.2, 0) is 15.0 Å². The number of carbonyl (C=O) groups is 2. The number of thiophene rings is 1. The molecule has 0 aliphatic carbocycles. The molecule has 0 aliphatic rings. The summed E-state index contributed by atoms with van der Waals surface area (Å²) in [6.07, 6.45) is 0.226. The highest BCUT2D eigenvalue weighted by atomic mass is 32.1. The summed E-state index contributed by atoms with van der Waals surface area (Å²) in [5.41, 5.74) is 2.47. The van der Waals surface area contributed by atoms with E-state index in [1.165, 1.54) is 12.5 Å². The Morgan fingerprint density at radius 1 is 1.04 bits per heavy atom. The van der Waals surface area contributed by atoms with Crippen molar-refractivity contribution in [3.05, 3.63) is 57.8 Å². The molecule has 1 heterocycles. The normalized spacial score (nSPS) is 13.8. The molecule has 0 saturated carbocycles. The van der Waals surface area contributed by atoms with E-state index >= 15 is 0 Å². The number of hydrogen-bond acceptors (Lipinski definition) is 3. The van der Waals surface area contributed by atoms with Crippen molar-refractivity contribution in [1.82, 2.24) is 10.6 Å². The summed E-state index contributed by atoms with van der Waals surface area (Å²) < 4.78 is 0. The van der Waals surface area contributed by atoms with E-state index in [1.807, 2.05) is 17.5 Å². The van der Waals surface area contributed by atoms with Crippen molar-refractivity contribution in [3.8, 4) is 0 Å². The van der Waals surface area contributed by atoms with Gasteiger partial charge in [0.2, 0.25) is 11.8 Å². The maximum absolute atomic E-state index is 12.8. The minimum Gasteiger partial charge on any atom is -0.349 e. The molecule has 1 aromatic heterocycles. The first-order valence-corrected chi connectivity index (χ1v) is 10.7. The van der Waals surface area contributed by atoms with Gasteiger partial charge in [-0.15, -0.1) is 11.3 Å². The molecule has 4 nitrogen and oxygen atoms in total. The van der Waals surface area contributed by atoms with Gasteiger partial charge in [-0.2, -0.15) is 0 Å². The topological polar surface area (TPSA) is 58.2 Å². The lowest BCUT2D eigenvalue weighted by atomic mass is 9.85. The van der Waals surface area contributed by atoms with Gasteiger partial charge in [0, 0.05) is 11.8 Å². The molecule has 1 aromatic carbocycles. The maximum atomic E-state index is 12.8. The van der Waals surface area contributed by atoms with Crippen LogP contribution in [0.25, 0.3) is 0 Å². The SMILES string of the molecule is CC(=O)NC(CC(=O)NC(c1ccc(C(C)(C)C)cc1)C(C)C)c1cccs1. The van der Waals surface area contributed by atoms with Gasteiger partial charge in [0.15, 0.2) is 0 Å². The van der Waals surface area contributed by atoms with Crippen molar-refractivity contribution in [2.75, 3.05) is 0 Å². The van der Waals surface area contributed by atoms with Gasteiger partial charge in [-0.25, -0.2) is 0 Å². The minimum atomic E-state index is -0.298. The Bertz CT molecular complexity index is 774. The second kappa shape index (κ2) is 9.37. The predicted molar refractivity (Wildman–Crippen MR) is 116 cm³/mol. The summed E-state index contributed by atoms with van der Waals surface area (Å²) in [4.78, 5) is 25.3. The van der Waals surface area contributed by atoms with E-state index in [0.29, 0.717) is 0 Å². The van der Waals surface area contributed by atoms with Crippen LogP contribution in [0, 0.1) is 5.92 Å². The van der Waals surface area contributed by atoms with Crippen LogP contribution < -0.4 is 10.6 Å². The predicted octanol–water partition coefficient (Wildman–Crippen LogP) is 5.13. The van der Waals surface area contributed by atoms with Gasteiger partial charge >= 0.3 is 0 Å². The molecule has 0 aliphatic heterocycles. The smallest absolute Gasteiger partial charge is 0.222 e. The monoisotopic (exact) mass is 400 g/mol. The summed E-state index contributed by atoms with van der Waals surface area (Å²) in [5, 5.41) is 8.02. The number of nitrogens with one attached hydrogen (secondary N) is 2. The molecule has 152 valence electrons. The Morgan fingerprint density at radius 2 is 1.68 bits per heavy atom. The number of amides is 2. The van der Waals surface area contributed by atoms with Gasteiger partial charge in [-0.1, -0.05) is 65.0 Å². The fourth-order valence-corrected chi connectivity index (χ4v) is 3.98. The highest BCUT2D eigenvalue weighted by Gasteiger charge is 2.23. The van der Waals surface area contributed by atoms with Gasteiger partial charge in [-0.05, 0) is 33.9 Å². The van der Waals surface area contributed by atoms with Crippen LogP contribution in [0.2, 0.25) is 0 Å². The molecule has 2 amide bonds. The fourth-order valence-electron chi connectivity index (χ4n) is 3.20. The summed E-state index contributed by atoms with van der Waals surface area (Å²) in [7, 11) is 0. The van der Waals surface area contributed by atoms with Crippen LogP contribution in [-0.4, -0.2) is 11.8 Å². The molecule has 0 spiro atoms. The quantitative estimate of drug-likeness (QED) is 0.677. The van der Waals surface area contributed by atoms with Crippen molar-refractivity contribution in [1.29, 1.82) is 0 Å². The lowest BCUT2D eigenvalue weighted by Gasteiger charge is -2.26. The van der Waals surface area contributed by atoms with Crippen molar-refractivity contribution in [3.63, 3.8) is 0 Å². The third kappa shape index (κ3) is 6.20. The van der Waals surface area contributed by atoms with E-state index in [2.05, 4.69) is 69.5 Å². The molecule has 2 aromatic rings. The van der Waals surface area contributed by atoms with Crippen LogP contribution in [0.1, 0.15) is 76.1 Å². The van der Waals surface area contributed by atoms with Gasteiger partial charge in [-0.3, -0.25) is 9.59 Å². The maximum Gasteiger partial charge on any atom is 0.222 e. The van der Waals surface area contributed by atoms with Crippen molar-refractivity contribution in [2.45, 2.75) is 65.5 Å². The van der Waals surface area contributed by atoms with E-state index in [0.717, 1.165) is 10.4 Å². The average molecular weight is 401 g/mol. The minimum absolute atomic E-state index is 0.0641. The van der Waals surface area contributed by atoms with Gasteiger partial charge in [0.05, 0.1) is 18.5 Å². The highest BCUT2D eigenvalue weighted by Crippen LogP contribution is 2.28. The number of rotatable bonds is 7.